The van der Waals surface area contributed by atoms with Crippen LogP contribution < -0.4 is 5.32 Å². The lowest BCUT2D eigenvalue weighted by atomic mass is 9.93. The van der Waals surface area contributed by atoms with Gasteiger partial charge in [-0.15, -0.1) is 0 Å². The van der Waals surface area contributed by atoms with Crippen molar-refractivity contribution in [2.24, 2.45) is 0 Å². The van der Waals surface area contributed by atoms with Crippen LogP contribution >= 0.6 is 15.9 Å². The minimum Gasteiger partial charge on any atom is -0.393 e. The predicted molar refractivity (Wildman–Crippen MR) is 69.8 cm³/mol. The molecule has 98 valence electrons. The first-order valence-electron chi connectivity index (χ1n) is 6.01. The molecule has 18 heavy (non-hydrogen) atoms. The number of rotatable bonds is 2. The number of benzene rings is 1. The van der Waals surface area contributed by atoms with E-state index in [1.165, 1.54) is 12.1 Å². The fraction of sp³-hybridized carbons (Fsp3) is 0.462. The molecule has 1 aromatic carbocycles. The zero-order valence-electron chi connectivity index (χ0n) is 9.83. The average Bonchev–Trinajstić information content (AvgIpc) is 2.35. The minimum atomic E-state index is -0.443. The molecule has 0 heterocycles. The molecule has 1 aromatic rings. The van der Waals surface area contributed by atoms with Gasteiger partial charge >= 0.3 is 0 Å². The summed E-state index contributed by atoms with van der Waals surface area (Å²) in [6, 6.07) is 4.47. The number of nitrogens with one attached hydrogen (secondary N) is 1. The van der Waals surface area contributed by atoms with Crippen LogP contribution in [0.3, 0.4) is 0 Å². The van der Waals surface area contributed by atoms with Gasteiger partial charge < -0.3 is 10.4 Å². The maximum Gasteiger partial charge on any atom is 0.252 e. The van der Waals surface area contributed by atoms with Crippen LogP contribution in [0.15, 0.2) is 22.7 Å². The first-order valence-corrected chi connectivity index (χ1v) is 6.80. The maximum absolute atomic E-state index is 13.3. The first-order chi connectivity index (χ1) is 8.58. The number of aliphatic hydroxyl groups is 1. The van der Waals surface area contributed by atoms with Crippen LogP contribution in [-0.4, -0.2) is 23.2 Å². The van der Waals surface area contributed by atoms with E-state index in [1.807, 2.05) is 0 Å². The van der Waals surface area contributed by atoms with Crippen LogP contribution in [-0.2, 0) is 0 Å². The second-order valence-electron chi connectivity index (χ2n) is 4.58. The number of hydrogen-bond donors (Lipinski definition) is 2. The topological polar surface area (TPSA) is 49.3 Å². The van der Waals surface area contributed by atoms with Gasteiger partial charge in [0.25, 0.3) is 5.91 Å². The summed E-state index contributed by atoms with van der Waals surface area (Å²) < 4.78 is 13.5. The molecule has 0 unspecified atom stereocenters. The lowest BCUT2D eigenvalue weighted by molar-refractivity contribution is 0.0866. The average molecular weight is 316 g/mol. The van der Waals surface area contributed by atoms with Crippen molar-refractivity contribution in [2.45, 2.75) is 37.8 Å². The van der Waals surface area contributed by atoms with Crippen LogP contribution in [0.1, 0.15) is 36.0 Å². The molecule has 0 saturated heterocycles. The number of halogens is 2. The molecule has 0 bridgehead atoms. The molecule has 2 N–H and O–H groups in total. The van der Waals surface area contributed by atoms with Gasteiger partial charge in [0.1, 0.15) is 5.82 Å². The summed E-state index contributed by atoms with van der Waals surface area (Å²) in [6.45, 7) is 0. The van der Waals surface area contributed by atoms with Crippen LogP contribution in [0, 0.1) is 5.82 Å². The van der Waals surface area contributed by atoms with Crippen molar-refractivity contribution >= 4 is 21.8 Å². The Hall–Kier alpha value is -0.940. The van der Waals surface area contributed by atoms with Crippen molar-refractivity contribution in [2.75, 3.05) is 0 Å². The Labute approximate surface area is 114 Å². The van der Waals surface area contributed by atoms with Crippen molar-refractivity contribution < 1.29 is 14.3 Å². The molecule has 1 aliphatic carbocycles. The smallest absolute Gasteiger partial charge is 0.252 e. The van der Waals surface area contributed by atoms with Gasteiger partial charge in [0.15, 0.2) is 0 Å². The molecule has 2 rings (SSSR count). The van der Waals surface area contributed by atoms with Crippen molar-refractivity contribution in [1.82, 2.24) is 5.32 Å². The van der Waals surface area contributed by atoms with E-state index in [4.69, 9.17) is 0 Å². The quantitative estimate of drug-likeness (QED) is 0.881. The van der Waals surface area contributed by atoms with E-state index in [0.717, 1.165) is 12.8 Å². The molecule has 0 aliphatic heterocycles. The van der Waals surface area contributed by atoms with E-state index in [-0.39, 0.29) is 22.5 Å². The minimum absolute atomic E-state index is 0.0658. The maximum atomic E-state index is 13.3. The van der Waals surface area contributed by atoms with E-state index in [2.05, 4.69) is 21.2 Å². The van der Waals surface area contributed by atoms with E-state index in [0.29, 0.717) is 18.4 Å². The van der Waals surface area contributed by atoms with Crippen molar-refractivity contribution in [3.05, 3.63) is 34.1 Å². The van der Waals surface area contributed by atoms with Gasteiger partial charge in [-0.05, 0) is 53.7 Å². The number of carbonyl (C=O) groups is 1. The van der Waals surface area contributed by atoms with Gasteiger partial charge in [-0.1, -0.05) is 6.07 Å². The highest BCUT2D eigenvalue weighted by Gasteiger charge is 2.22. The molecule has 1 aliphatic rings. The molecule has 5 heteroatoms. The summed E-state index contributed by atoms with van der Waals surface area (Å²) in [7, 11) is 0. The summed E-state index contributed by atoms with van der Waals surface area (Å²) in [5, 5.41) is 12.3. The standard InChI is InChI=1S/C13H15BrFNO2/c14-12-10(2-1-3-11(12)15)13(18)16-8-4-6-9(17)7-5-8/h1-3,8-9,17H,4-7H2,(H,16,18). The van der Waals surface area contributed by atoms with Crippen LogP contribution in [0.5, 0.6) is 0 Å². The summed E-state index contributed by atoms with van der Waals surface area (Å²) in [6.07, 6.45) is 2.68. The zero-order valence-corrected chi connectivity index (χ0v) is 11.4. The lowest BCUT2D eigenvalue weighted by Gasteiger charge is -2.26. The van der Waals surface area contributed by atoms with Gasteiger partial charge in [0, 0.05) is 6.04 Å². The summed E-state index contributed by atoms with van der Waals surface area (Å²) >= 11 is 3.08. The normalized spacial score (nSPS) is 23.7. The zero-order chi connectivity index (χ0) is 13.1. The van der Waals surface area contributed by atoms with E-state index >= 15 is 0 Å². The third-order valence-corrected chi connectivity index (χ3v) is 4.03. The highest BCUT2D eigenvalue weighted by Crippen LogP contribution is 2.22. The molecule has 0 aromatic heterocycles. The predicted octanol–water partition coefficient (Wildman–Crippen LogP) is 2.62. The fourth-order valence-corrected chi connectivity index (χ4v) is 2.61. The lowest BCUT2D eigenvalue weighted by Crippen LogP contribution is -2.38. The second-order valence-corrected chi connectivity index (χ2v) is 5.37. The molecule has 1 saturated carbocycles. The van der Waals surface area contributed by atoms with E-state index < -0.39 is 5.82 Å². The largest absolute Gasteiger partial charge is 0.393 e. The monoisotopic (exact) mass is 315 g/mol. The van der Waals surface area contributed by atoms with Crippen LogP contribution in [0.4, 0.5) is 4.39 Å². The van der Waals surface area contributed by atoms with Crippen LogP contribution in [0.25, 0.3) is 0 Å². The third-order valence-electron chi connectivity index (χ3n) is 3.23. The molecule has 0 spiro atoms. The molecule has 0 radical (unpaired) electrons. The Kier molecular flexibility index (Phi) is 4.35. The number of aliphatic hydroxyl groups excluding tert-OH is 1. The molecule has 0 atom stereocenters. The van der Waals surface area contributed by atoms with E-state index in [1.54, 1.807) is 6.07 Å². The number of amides is 1. The Balaban J connectivity index is 2.01. The molecule has 3 nitrogen and oxygen atoms in total. The third kappa shape index (κ3) is 3.09. The Morgan fingerprint density at radius 2 is 2.00 bits per heavy atom. The van der Waals surface area contributed by atoms with Gasteiger partial charge in [-0.2, -0.15) is 0 Å². The Bertz CT molecular complexity index is 445. The summed E-state index contributed by atoms with van der Waals surface area (Å²) in [5.41, 5.74) is 0.307. The van der Waals surface area contributed by atoms with Crippen molar-refractivity contribution in [1.29, 1.82) is 0 Å². The number of carbonyl (C=O) groups excluding carboxylic acids is 1. The molecular formula is C13H15BrFNO2. The fourth-order valence-electron chi connectivity index (χ4n) is 2.16. The molecular weight excluding hydrogens is 301 g/mol. The highest BCUT2D eigenvalue weighted by molar-refractivity contribution is 9.10. The van der Waals surface area contributed by atoms with E-state index in [9.17, 15) is 14.3 Å². The Morgan fingerprint density at radius 3 is 2.67 bits per heavy atom. The van der Waals surface area contributed by atoms with Gasteiger partial charge in [0.05, 0.1) is 16.1 Å². The van der Waals surface area contributed by atoms with Crippen LogP contribution in [0.2, 0.25) is 0 Å². The van der Waals surface area contributed by atoms with Gasteiger partial charge in [-0.3, -0.25) is 4.79 Å². The number of hydrogen-bond acceptors (Lipinski definition) is 2. The van der Waals surface area contributed by atoms with Crippen molar-refractivity contribution in [3.8, 4) is 0 Å². The molecule has 1 fully saturated rings. The summed E-state index contributed by atoms with van der Waals surface area (Å²) in [5.74, 6) is -0.718. The summed E-state index contributed by atoms with van der Waals surface area (Å²) in [4.78, 5) is 12.0. The van der Waals surface area contributed by atoms with Gasteiger partial charge in [0.2, 0.25) is 0 Å². The SMILES string of the molecule is O=C(NC1CCC(O)CC1)c1cccc(F)c1Br. The highest BCUT2D eigenvalue weighted by atomic mass is 79.9. The second kappa shape index (κ2) is 5.80. The molecule has 1 amide bonds. The van der Waals surface area contributed by atoms with Crippen molar-refractivity contribution in [3.63, 3.8) is 0 Å². The van der Waals surface area contributed by atoms with Gasteiger partial charge in [-0.25, -0.2) is 4.39 Å². The Morgan fingerprint density at radius 1 is 1.33 bits per heavy atom. The first kappa shape index (κ1) is 13.5.